The van der Waals surface area contributed by atoms with Crippen LogP contribution in [0.4, 0.5) is 10.5 Å². The molecule has 1 aliphatic rings. The topological polar surface area (TPSA) is 179 Å². The Bertz CT molecular complexity index is 1400. The van der Waals surface area contributed by atoms with Gasteiger partial charge in [0.15, 0.2) is 0 Å². The van der Waals surface area contributed by atoms with Gasteiger partial charge in [0, 0.05) is 47.0 Å². The van der Waals surface area contributed by atoms with Crippen molar-refractivity contribution in [2.24, 2.45) is 17.4 Å². The molecule has 0 radical (unpaired) electrons. The molecule has 43 heavy (non-hydrogen) atoms. The van der Waals surface area contributed by atoms with Crippen molar-refractivity contribution in [3.05, 3.63) is 77.9 Å². The predicted molar refractivity (Wildman–Crippen MR) is 163 cm³/mol. The molecule has 226 valence electrons. The van der Waals surface area contributed by atoms with Crippen molar-refractivity contribution in [2.45, 2.75) is 58.1 Å². The summed E-state index contributed by atoms with van der Waals surface area (Å²) in [4.78, 5) is 36.8. The zero-order chi connectivity index (χ0) is 31.1. The second kappa shape index (κ2) is 13.3. The molecule has 3 amide bonds. The number of anilines is 1. The van der Waals surface area contributed by atoms with Gasteiger partial charge in [0.2, 0.25) is 11.8 Å². The summed E-state index contributed by atoms with van der Waals surface area (Å²) in [7, 11) is 0. The molecule has 0 spiro atoms. The number of carbonyl (C=O) groups excluding carboxylic acids is 3. The number of nitrogen functional groups attached to an aromatic ring is 1. The summed E-state index contributed by atoms with van der Waals surface area (Å²) in [5.74, 6) is 0.789. The molecule has 3 aromatic rings. The third-order valence-electron chi connectivity index (χ3n) is 6.74. The predicted octanol–water partition coefficient (Wildman–Crippen LogP) is 5.68. The van der Waals surface area contributed by atoms with Crippen LogP contribution in [0.15, 0.2) is 66.7 Å². The Hall–Kier alpha value is -5.06. The maximum Gasteiger partial charge on any atom is 0.407 e. The molecule has 0 bridgehead atoms. The molecule has 0 aliphatic heterocycles. The molecule has 0 heterocycles. The molecule has 7 N–H and O–H groups in total. The average molecular weight is 588 g/mol. The Morgan fingerprint density at radius 3 is 1.74 bits per heavy atom. The Morgan fingerprint density at radius 1 is 0.767 bits per heavy atom. The number of amidine groups is 1. The van der Waals surface area contributed by atoms with Crippen LogP contribution in [0.25, 0.3) is 0 Å². The number of hydrogen-bond acceptors (Lipinski definition) is 7. The van der Waals surface area contributed by atoms with Crippen molar-refractivity contribution < 1.29 is 28.6 Å². The highest BCUT2D eigenvalue weighted by Gasteiger charge is 2.28. The van der Waals surface area contributed by atoms with E-state index in [4.69, 9.17) is 31.1 Å². The van der Waals surface area contributed by atoms with E-state index in [0.717, 1.165) is 0 Å². The van der Waals surface area contributed by atoms with E-state index in [-0.39, 0.29) is 23.7 Å². The Kier molecular flexibility index (Phi) is 9.54. The lowest BCUT2D eigenvalue weighted by Crippen LogP contribution is -2.42. The van der Waals surface area contributed by atoms with Gasteiger partial charge in [-0.25, -0.2) is 4.79 Å². The minimum absolute atomic E-state index is 0.0500. The van der Waals surface area contributed by atoms with Gasteiger partial charge >= 0.3 is 6.09 Å². The third-order valence-corrected chi connectivity index (χ3v) is 6.74. The number of benzene rings is 3. The summed E-state index contributed by atoms with van der Waals surface area (Å²) < 4.78 is 17.4. The molecule has 0 unspecified atom stereocenters. The smallest absolute Gasteiger partial charge is 0.407 e. The van der Waals surface area contributed by atoms with Gasteiger partial charge in [-0.1, -0.05) is 0 Å². The summed E-state index contributed by atoms with van der Waals surface area (Å²) in [6.07, 6.45) is 2.09. The number of ether oxygens (including phenoxy) is 3. The number of carbonyl (C=O) groups is 3. The van der Waals surface area contributed by atoms with Gasteiger partial charge in [-0.2, -0.15) is 0 Å². The minimum atomic E-state index is -0.576. The molecular formula is C32H37N5O6. The van der Waals surface area contributed by atoms with E-state index in [2.05, 4.69) is 10.6 Å². The Labute approximate surface area is 250 Å². The van der Waals surface area contributed by atoms with Crippen LogP contribution in [0.5, 0.6) is 23.0 Å². The first-order valence-electron chi connectivity index (χ1n) is 14.0. The van der Waals surface area contributed by atoms with Crippen LogP contribution < -0.4 is 31.6 Å². The summed E-state index contributed by atoms with van der Waals surface area (Å²) in [5, 5.41) is 13.5. The maximum atomic E-state index is 13.2. The van der Waals surface area contributed by atoms with Crippen LogP contribution >= 0.6 is 0 Å². The molecule has 1 saturated carbocycles. The first-order chi connectivity index (χ1) is 20.3. The van der Waals surface area contributed by atoms with Gasteiger partial charge in [0.1, 0.15) is 34.4 Å². The zero-order valence-corrected chi connectivity index (χ0v) is 24.4. The molecule has 0 saturated heterocycles. The third kappa shape index (κ3) is 9.22. The monoisotopic (exact) mass is 587 g/mol. The highest BCUT2D eigenvalue weighted by atomic mass is 16.6. The highest BCUT2D eigenvalue weighted by molar-refractivity contribution is 5.95. The second-order valence-electron chi connectivity index (χ2n) is 11.4. The largest absolute Gasteiger partial charge is 0.457 e. The lowest BCUT2D eigenvalue weighted by molar-refractivity contribution is -0.120. The molecule has 4 rings (SSSR count). The van der Waals surface area contributed by atoms with E-state index in [1.807, 2.05) is 20.8 Å². The van der Waals surface area contributed by atoms with Crippen LogP contribution in [-0.2, 0) is 9.53 Å². The van der Waals surface area contributed by atoms with Gasteiger partial charge in [-0.3, -0.25) is 15.0 Å². The normalized spacial score (nSPS) is 16.4. The lowest BCUT2D eigenvalue weighted by Gasteiger charge is -2.29. The average Bonchev–Trinajstić information content (AvgIpc) is 2.93. The number of rotatable bonds is 9. The van der Waals surface area contributed by atoms with E-state index in [1.165, 1.54) is 0 Å². The second-order valence-corrected chi connectivity index (χ2v) is 11.4. The molecule has 11 heteroatoms. The van der Waals surface area contributed by atoms with Crippen LogP contribution in [0.3, 0.4) is 0 Å². The van der Waals surface area contributed by atoms with Crippen molar-refractivity contribution in [2.75, 3.05) is 5.32 Å². The van der Waals surface area contributed by atoms with Gasteiger partial charge in [-0.05, 0) is 95.0 Å². The molecule has 0 aromatic heterocycles. The standard InChI is InChI=1S/C32H37N5O6/c1-32(2,3)43-31(40)37-22-10-4-21(5-11-22)30(39)36-23-16-26(41-24-12-6-19(7-13-24)28(33)34)18-27(17-23)42-25-14-8-20(9-15-25)29(35)38/h6-9,12-18,21-22H,4-5,10-11H2,1-3H3,(H3,33,34)(H2,35,38)(H,36,39)(H,37,40). The van der Waals surface area contributed by atoms with Crippen LogP contribution in [-0.4, -0.2) is 35.4 Å². The van der Waals surface area contributed by atoms with E-state index in [0.29, 0.717) is 65.5 Å². The number of nitrogens with two attached hydrogens (primary N) is 2. The minimum Gasteiger partial charge on any atom is -0.457 e. The van der Waals surface area contributed by atoms with Crippen LogP contribution in [0.1, 0.15) is 62.4 Å². The van der Waals surface area contributed by atoms with Gasteiger partial charge in [-0.15, -0.1) is 0 Å². The SMILES string of the molecule is CC(C)(C)OC(=O)NC1CCC(C(=O)Nc2cc(Oc3ccc(C(=N)N)cc3)cc(Oc3ccc(C(N)=O)cc3)c2)CC1. The maximum absolute atomic E-state index is 13.2. The fourth-order valence-corrected chi connectivity index (χ4v) is 4.64. The quantitative estimate of drug-likeness (QED) is 0.158. The van der Waals surface area contributed by atoms with Gasteiger partial charge in [0.25, 0.3) is 0 Å². The number of hydrogen-bond donors (Lipinski definition) is 5. The van der Waals surface area contributed by atoms with Gasteiger partial charge < -0.3 is 36.3 Å². The van der Waals surface area contributed by atoms with E-state index >= 15 is 0 Å². The van der Waals surface area contributed by atoms with Crippen LogP contribution in [0.2, 0.25) is 0 Å². The number of amides is 3. The first-order valence-corrected chi connectivity index (χ1v) is 14.0. The summed E-state index contributed by atoms with van der Waals surface area (Å²) in [6.45, 7) is 5.44. The summed E-state index contributed by atoms with van der Waals surface area (Å²) >= 11 is 0. The number of alkyl carbamates (subject to hydrolysis) is 1. The zero-order valence-electron chi connectivity index (χ0n) is 24.4. The van der Waals surface area contributed by atoms with E-state index < -0.39 is 17.6 Å². The van der Waals surface area contributed by atoms with E-state index in [9.17, 15) is 14.4 Å². The van der Waals surface area contributed by atoms with Crippen LogP contribution in [0, 0.1) is 11.3 Å². The van der Waals surface area contributed by atoms with Crippen molar-refractivity contribution in [1.82, 2.24) is 5.32 Å². The molecule has 1 fully saturated rings. The molecule has 11 nitrogen and oxygen atoms in total. The fraction of sp³-hybridized carbons (Fsp3) is 0.312. The number of primary amides is 1. The Balaban J connectivity index is 1.46. The molecular weight excluding hydrogens is 550 g/mol. The van der Waals surface area contributed by atoms with E-state index in [1.54, 1.807) is 66.7 Å². The van der Waals surface area contributed by atoms with Crippen molar-refractivity contribution >= 4 is 29.4 Å². The van der Waals surface area contributed by atoms with Crippen molar-refractivity contribution in [3.8, 4) is 23.0 Å². The molecule has 3 aromatic carbocycles. The summed E-state index contributed by atoms with van der Waals surface area (Å²) in [5.41, 5.74) is 11.7. The van der Waals surface area contributed by atoms with Crippen molar-refractivity contribution in [3.63, 3.8) is 0 Å². The first kappa shape index (κ1) is 30.9. The molecule has 1 aliphatic carbocycles. The van der Waals surface area contributed by atoms with Crippen molar-refractivity contribution in [1.29, 1.82) is 5.41 Å². The highest BCUT2D eigenvalue weighted by Crippen LogP contribution is 2.34. The molecule has 0 atom stereocenters. The summed E-state index contributed by atoms with van der Waals surface area (Å²) in [6, 6.07) is 18.1. The van der Waals surface area contributed by atoms with Gasteiger partial charge in [0.05, 0.1) is 0 Å². The lowest BCUT2D eigenvalue weighted by atomic mass is 9.85. The Morgan fingerprint density at radius 2 is 1.28 bits per heavy atom. The number of nitrogens with one attached hydrogen (secondary N) is 3. The fourth-order valence-electron chi connectivity index (χ4n) is 4.64.